The van der Waals surface area contributed by atoms with Crippen molar-refractivity contribution in [2.24, 2.45) is 0 Å². The van der Waals surface area contributed by atoms with Crippen LogP contribution in [0.15, 0.2) is 84.9 Å². The minimum atomic E-state index is 0.0861. The van der Waals surface area contributed by atoms with Gasteiger partial charge < -0.3 is 4.90 Å². The van der Waals surface area contributed by atoms with E-state index in [2.05, 4.69) is 53.4 Å². The molecule has 0 unspecified atom stereocenters. The van der Waals surface area contributed by atoms with Crippen molar-refractivity contribution in [2.45, 2.75) is 30.8 Å². The maximum Gasteiger partial charge on any atom is 0.325 e. The van der Waals surface area contributed by atoms with Crippen LogP contribution in [0.3, 0.4) is 0 Å². The second kappa shape index (κ2) is 8.16. The first kappa shape index (κ1) is 19.2. The van der Waals surface area contributed by atoms with E-state index >= 15 is 0 Å². The number of anilines is 1. The zero-order chi connectivity index (χ0) is 20.5. The molecule has 0 radical (unpaired) electrons. The zero-order valence-corrected chi connectivity index (χ0v) is 17.6. The second-order valence-corrected chi connectivity index (χ2v) is 8.49. The minimum absolute atomic E-state index is 0.0861. The molecule has 5 rings (SSSR count). The van der Waals surface area contributed by atoms with Gasteiger partial charge in [0.15, 0.2) is 0 Å². The summed E-state index contributed by atoms with van der Waals surface area (Å²) in [4.78, 5) is 17.9. The quantitative estimate of drug-likeness (QED) is 0.464. The highest BCUT2D eigenvalue weighted by molar-refractivity contribution is 6.17. The molecule has 2 aliphatic rings. The Morgan fingerprint density at radius 1 is 0.833 bits per heavy atom. The van der Waals surface area contributed by atoms with Gasteiger partial charge in [0.05, 0.1) is 6.04 Å². The van der Waals surface area contributed by atoms with Gasteiger partial charge in [0, 0.05) is 30.1 Å². The van der Waals surface area contributed by atoms with Crippen LogP contribution < -0.4 is 4.90 Å². The van der Waals surface area contributed by atoms with Crippen molar-refractivity contribution in [3.8, 4) is 0 Å². The molecule has 0 aromatic heterocycles. The van der Waals surface area contributed by atoms with Crippen molar-refractivity contribution in [1.82, 2.24) is 4.90 Å². The number of nitrogens with zero attached hydrogens (tertiary/aromatic N) is 2. The lowest BCUT2D eigenvalue weighted by Crippen LogP contribution is -2.58. The van der Waals surface area contributed by atoms with Crippen LogP contribution in [-0.2, 0) is 0 Å². The smallest absolute Gasteiger partial charge is 0.316 e. The number of hydrogen-bond acceptors (Lipinski definition) is 1. The summed E-state index contributed by atoms with van der Waals surface area (Å²) in [6, 6.07) is 29.5. The molecule has 0 aliphatic carbocycles. The monoisotopic (exact) mass is 416 g/mol. The van der Waals surface area contributed by atoms with Gasteiger partial charge >= 0.3 is 6.03 Å². The Morgan fingerprint density at radius 3 is 2.17 bits per heavy atom. The summed E-state index contributed by atoms with van der Waals surface area (Å²) in [5, 5.41) is 0. The summed E-state index contributed by atoms with van der Waals surface area (Å²) in [5.74, 6) is 0.729. The van der Waals surface area contributed by atoms with E-state index in [1.807, 2.05) is 41.3 Å². The molecular formula is C26H25ClN2O. The number of alkyl halides is 1. The van der Waals surface area contributed by atoms with Gasteiger partial charge in [-0.05, 0) is 41.7 Å². The van der Waals surface area contributed by atoms with E-state index in [1.54, 1.807) is 0 Å². The van der Waals surface area contributed by atoms with E-state index < -0.39 is 0 Å². The maximum atomic E-state index is 13.8. The van der Waals surface area contributed by atoms with Gasteiger partial charge in [-0.2, -0.15) is 0 Å². The molecule has 1 fully saturated rings. The molecular weight excluding hydrogens is 392 g/mol. The lowest BCUT2D eigenvalue weighted by atomic mass is 9.78. The molecule has 0 saturated carbocycles. The van der Waals surface area contributed by atoms with Crippen LogP contribution in [0, 0.1) is 0 Å². The van der Waals surface area contributed by atoms with Crippen LogP contribution in [0.25, 0.3) is 0 Å². The van der Waals surface area contributed by atoms with E-state index in [1.165, 1.54) is 16.7 Å². The highest BCUT2D eigenvalue weighted by Crippen LogP contribution is 2.45. The van der Waals surface area contributed by atoms with Crippen molar-refractivity contribution in [3.05, 3.63) is 102 Å². The predicted molar refractivity (Wildman–Crippen MR) is 122 cm³/mol. The Hall–Kier alpha value is -2.78. The van der Waals surface area contributed by atoms with Crippen molar-refractivity contribution < 1.29 is 4.79 Å². The molecule has 0 N–H and O–H groups in total. The third kappa shape index (κ3) is 3.27. The fourth-order valence-corrected chi connectivity index (χ4v) is 5.35. The van der Waals surface area contributed by atoms with Gasteiger partial charge in [-0.1, -0.05) is 72.8 Å². The van der Waals surface area contributed by atoms with Crippen LogP contribution in [0.5, 0.6) is 0 Å². The summed E-state index contributed by atoms with van der Waals surface area (Å²) in [7, 11) is 0. The van der Waals surface area contributed by atoms with E-state index in [4.69, 9.17) is 11.6 Å². The van der Waals surface area contributed by atoms with Gasteiger partial charge in [0.1, 0.15) is 0 Å². The number of halogens is 1. The molecule has 1 saturated heterocycles. The summed E-state index contributed by atoms with van der Waals surface area (Å²) in [5.41, 5.74) is 4.82. The van der Waals surface area contributed by atoms with Crippen molar-refractivity contribution in [3.63, 3.8) is 0 Å². The summed E-state index contributed by atoms with van der Waals surface area (Å²) >= 11 is 6.16. The Morgan fingerprint density at radius 2 is 1.47 bits per heavy atom. The SMILES string of the molecule is O=C1N2C[C@H](c3ccccc3)c3ccccc3[C@@H]2C[C@H](CCCl)N1c1ccccc1. The standard InChI is InChI=1S/C26H25ClN2O/c27-16-15-21-17-25-23-14-8-7-13-22(23)24(19-9-3-1-4-10-19)18-28(25)26(30)29(21)20-11-5-2-6-12-20/h1-14,21,24-25H,15-18H2/t21-,24+,25-/m0/s1. The van der Waals surface area contributed by atoms with E-state index in [-0.39, 0.29) is 24.0 Å². The molecule has 3 aromatic carbocycles. The molecule has 0 spiro atoms. The van der Waals surface area contributed by atoms with Crippen molar-refractivity contribution in [1.29, 1.82) is 0 Å². The molecule has 4 heteroatoms. The molecule has 152 valence electrons. The van der Waals surface area contributed by atoms with Gasteiger partial charge in [0.25, 0.3) is 0 Å². The number of amides is 2. The number of para-hydroxylation sites is 1. The maximum absolute atomic E-state index is 13.8. The Kier molecular flexibility index (Phi) is 5.22. The third-order valence-corrected chi connectivity index (χ3v) is 6.70. The first-order valence-electron chi connectivity index (χ1n) is 10.6. The number of carbonyl (C=O) groups excluding carboxylic acids is 1. The molecule has 2 aliphatic heterocycles. The lowest BCUT2D eigenvalue weighted by molar-refractivity contribution is 0.140. The van der Waals surface area contributed by atoms with Gasteiger partial charge in [0.2, 0.25) is 0 Å². The van der Waals surface area contributed by atoms with Gasteiger partial charge in [-0.15, -0.1) is 11.6 Å². The van der Waals surface area contributed by atoms with Crippen LogP contribution >= 0.6 is 11.6 Å². The Bertz CT molecular complexity index is 1020. The first-order chi connectivity index (χ1) is 14.8. The van der Waals surface area contributed by atoms with E-state index in [0.29, 0.717) is 12.4 Å². The fourth-order valence-electron chi connectivity index (χ4n) is 5.10. The topological polar surface area (TPSA) is 23.6 Å². The number of hydrogen-bond donors (Lipinski definition) is 0. The molecule has 3 aromatic rings. The molecule has 3 atom stereocenters. The van der Waals surface area contributed by atoms with Crippen LogP contribution in [-0.4, -0.2) is 29.4 Å². The minimum Gasteiger partial charge on any atom is -0.316 e. The summed E-state index contributed by atoms with van der Waals surface area (Å²) in [6.45, 7) is 0.696. The number of urea groups is 1. The van der Waals surface area contributed by atoms with Crippen molar-refractivity contribution >= 4 is 23.3 Å². The van der Waals surface area contributed by atoms with Gasteiger partial charge in [-0.3, -0.25) is 4.90 Å². The van der Waals surface area contributed by atoms with E-state index in [9.17, 15) is 4.79 Å². The molecule has 2 heterocycles. The highest BCUT2D eigenvalue weighted by Gasteiger charge is 2.45. The average molecular weight is 417 g/mol. The highest BCUT2D eigenvalue weighted by atomic mass is 35.5. The predicted octanol–water partition coefficient (Wildman–Crippen LogP) is 6.20. The number of benzene rings is 3. The van der Waals surface area contributed by atoms with Crippen molar-refractivity contribution in [2.75, 3.05) is 17.3 Å². The second-order valence-electron chi connectivity index (χ2n) is 8.12. The Balaban J connectivity index is 1.59. The molecule has 3 nitrogen and oxygen atoms in total. The molecule has 30 heavy (non-hydrogen) atoms. The average Bonchev–Trinajstić information content (AvgIpc) is 2.80. The third-order valence-electron chi connectivity index (χ3n) is 6.48. The number of carbonyl (C=O) groups is 1. The van der Waals surface area contributed by atoms with Crippen LogP contribution in [0.4, 0.5) is 10.5 Å². The normalized spacial score (nSPS) is 23.1. The largest absolute Gasteiger partial charge is 0.325 e. The zero-order valence-electron chi connectivity index (χ0n) is 16.8. The lowest BCUT2D eigenvalue weighted by Gasteiger charge is -2.50. The van der Waals surface area contributed by atoms with Crippen LogP contribution in [0.2, 0.25) is 0 Å². The van der Waals surface area contributed by atoms with Gasteiger partial charge in [-0.25, -0.2) is 4.79 Å². The first-order valence-corrected chi connectivity index (χ1v) is 11.2. The summed E-state index contributed by atoms with van der Waals surface area (Å²) in [6.07, 6.45) is 1.68. The summed E-state index contributed by atoms with van der Waals surface area (Å²) < 4.78 is 0. The molecule has 2 amide bonds. The fraction of sp³-hybridized carbons (Fsp3) is 0.269. The van der Waals surface area contributed by atoms with Crippen LogP contribution in [0.1, 0.15) is 41.5 Å². The number of rotatable bonds is 4. The number of fused-ring (bicyclic) bond motifs is 3. The van der Waals surface area contributed by atoms with E-state index in [0.717, 1.165) is 18.5 Å². The molecule has 0 bridgehead atoms. The Labute approximate surface area is 182 Å².